The molecule has 436 valence electrons. The van der Waals surface area contributed by atoms with Crippen molar-refractivity contribution in [2.24, 2.45) is 34.5 Å². The van der Waals surface area contributed by atoms with E-state index in [9.17, 15) is 50.8 Å². The van der Waals surface area contributed by atoms with Crippen molar-refractivity contribution in [2.75, 3.05) is 13.2 Å². The Hall–Kier alpha value is -1.63. The van der Waals surface area contributed by atoms with Crippen molar-refractivity contribution in [1.82, 2.24) is 0 Å². The third kappa shape index (κ3) is 11.2. The molecule has 23 heteroatoms. The van der Waals surface area contributed by atoms with Crippen LogP contribution in [0.15, 0.2) is 11.6 Å². The van der Waals surface area contributed by atoms with Gasteiger partial charge >= 0.3 is 5.97 Å². The molecular weight excluding hydrogens is 1000 g/mol. The van der Waals surface area contributed by atoms with Crippen molar-refractivity contribution in [3.8, 4) is 0 Å². The van der Waals surface area contributed by atoms with Crippen LogP contribution in [0.4, 0.5) is 0 Å². The third-order valence-electron chi connectivity index (χ3n) is 19.7. The molecule has 0 amide bonds. The van der Waals surface area contributed by atoms with Gasteiger partial charge in [0.1, 0.15) is 55.4 Å². The molecule has 0 bridgehead atoms. The highest BCUT2D eigenvalue weighted by Gasteiger charge is 2.71. The van der Waals surface area contributed by atoms with Gasteiger partial charge in [0.2, 0.25) is 0 Å². The van der Waals surface area contributed by atoms with Crippen LogP contribution in [0.2, 0.25) is 0 Å². The van der Waals surface area contributed by atoms with Gasteiger partial charge in [-0.1, -0.05) is 13.8 Å². The smallest absolute Gasteiger partial charge is 0.331 e. The van der Waals surface area contributed by atoms with Gasteiger partial charge in [-0.15, -0.1) is 0 Å². The lowest BCUT2D eigenvalue weighted by molar-refractivity contribution is -0.355. The summed E-state index contributed by atoms with van der Waals surface area (Å²) in [5.74, 6) is 0.0825. The Balaban J connectivity index is 0.000000634. The van der Waals surface area contributed by atoms with Crippen LogP contribution < -0.4 is 0 Å². The van der Waals surface area contributed by atoms with Gasteiger partial charge in [0.25, 0.3) is 0 Å². The van der Waals surface area contributed by atoms with Crippen LogP contribution in [-0.4, -0.2) is 227 Å². The summed E-state index contributed by atoms with van der Waals surface area (Å²) in [6.07, 6.45) is -13.9. The fourth-order valence-electron chi connectivity index (χ4n) is 15.3. The van der Waals surface area contributed by atoms with Crippen molar-refractivity contribution < 1.29 is 113 Å². The molecule has 4 aliphatic carbocycles. The summed E-state index contributed by atoms with van der Waals surface area (Å²) in [5.41, 5.74) is -0.989. The molecule has 12 N–H and O–H groups in total. The molecule has 0 spiro atoms. The van der Waals surface area contributed by atoms with Gasteiger partial charge in [0, 0.05) is 37.2 Å². The highest BCUT2D eigenvalue weighted by molar-refractivity contribution is 5.85. The Labute approximate surface area is 443 Å². The number of ether oxygens (including phenoxy) is 10. The van der Waals surface area contributed by atoms with Gasteiger partial charge in [0.05, 0.1) is 73.2 Å². The van der Waals surface area contributed by atoms with Crippen molar-refractivity contribution in [2.45, 2.75) is 266 Å². The predicted octanol–water partition coefficient (Wildman–Crippen LogP) is -1.12. The highest BCUT2D eigenvalue weighted by atomic mass is 16.8. The Morgan fingerprint density at radius 1 is 0.579 bits per heavy atom. The second-order valence-corrected chi connectivity index (χ2v) is 24.2. The molecule has 10 rings (SSSR count). The van der Waals surface area contributed by atoms with Crippen molar-refractivity contribution in [1.29, 1.82) is 0 Å². The van der Waals surface area contributed by atoms with Crippen LogP contribution in [0.3, 0.4) is 0 Å². The Morgan fingerprint density at radius 3 is 1.70 bits per heavy atom. The molecule has 4 saturated carbocycles. The number of hydrogen-bond donors (Lipinski definition) is 12. The summed E-state index contributed by atoms with van der Waals surface area (Å²) >= 11 is 0. The van der Waals surface area contributed by atoms with E-state index in [2.05, 4.69) is 6.92 Å². The summed E-state index contributed by atoms with van der Waals surface area (Å²) in [6.45, 7) is 10.7. The zero-order valence-electron chi connectivity index (χ0n) is 44.4. The standard InChI is InChI=1S/C47H74O19.C6H12O4/c1-20-41(64-36-16-30(50)42(21(2)60-36)65-37-17-31(51)43(22(3)61-37)66-44-40(56)39(55)38(54)32(18-48)63-44)29(49)15-35(59-20)62-25-8-10-45(4)24(13-25)6-7-27-28(45)14-33(52)46(5)26(9-11-47(27,46)57)23-12-34(53)58-19-23;1-3-6(9)4(7)2-5(8)10-3/h12,20-22,24-33,35-44,48-52,54-57H,6-11,13-19H2,1-5H3;3-9H,2H2,1H3/t20-,21-,22-,24-,25+,26-,27-,28+,29+,30+,31+,32-,33-,35+,36+,37+,38-,39+,40-,41-,42-,43-,44+,45+,46+,47+;3-,4+,5-,6-/m11/s1. The first-order valence-electron chi connectivity index (χ1n) is 27.8. The molecule has 76 heavy (non-hydrogen) atoms. The largest absolute Gasteiger partial charge is 0.458 e. The summed E-state index contributed by atoms with van der Waals surface area (Å²) in [5, 5.41) is 125. The molecule has 30 atom stereocenters. The number of esters is 1. The van der Waals surface area contributed by atoms with Crippen LogP contribution >= 0.6 is 0 Å². The van der Waals surface area contributed by atoms with Gasteiger partial charge in [-0.3, -0.25) is 0 Å². The van der Waals surface area contributed by atoms with E-state index in [0.717, 1.165) is 44.1 Å². The average Bonchev–Trinajstić information content (AvgIpc) is 4.09. The molecule has 6 aliphatic heterocycles. The molecule has 5 saturated heterocycles. The van der Waals surface area contributed by atoms with Crippen LogP contribution in [0.25, 0.3) is 0 Å². The van der Waals surface area contributed by atoms with E-state index in [1.165, 1.54) is 0 Å². The molecule has 0 unspecified atom stereocenters. The summed E-state index contributed by atoms with van der Waals surface area (Å²) in [6, 6.07) is 0. The fourth-order valence-corrected chi connectivity index (χ4v) is 15.3. The molecule has 0 aromatic heterocycles. The number of carbonyl (C=O) groups excluding carboxylic acids is 1. The second kappa shape index (κ2) is 23.3. The molecule has 10 aliphatic rings. The summed E-state index contributed by atoms with van der Waals surface area (Å²) in [7, 11) is 0. The fraction of sp³-hybridized carbons (Fsp3) is 0.943. The Kier molecular flexibility index (Phi) is 18.1. The van der Waals surface area contributed by atoms with Crippen molar-refractivity contribution in [3.05, 3.63) is 11.6 Å². The van der Waals surface area contributed by atoms with Gasteiger partial charge in [-0.25, -0.2) is 4.79 Å². The second-order valence-electron chi connectivity index (χ2n) is 24.2. The van der Waals surface area contributed by atoms with Crippen molar-refractivity contribution in [3.63, 3.8) is 0 Å². The highest BCUT2D eigenvalue weighted by Crippen LogP contribution is 2.70. The van der Waals surface area contributed by atoms with Crippen LogP contribution in [0.1, 0.15) is 119 Å². The number of fused-ring (bicyclic) bond motifs is 5. The minimum absolute atomic E-state index is 0.0188. The number of hydrogen-bond acceptors (Lipinski definition) is 23. The average molecular weight is 1090 g/mol. The number of carbonyl (C=O) groups is 1. The molecular formula is C53H86O23. The number of aliphatic hydroxyl groups excluding tert-OH is 11. The van der Waals surface area contributed by atoms with E-state index in [4.69, 9.17) is 62.7 Å². The minimum Gasteiger partial charge on any atom is -0.458 e. The molecule has 9 fully saturated rings. The maximum atomic E-state index is 12.6. The zero-order valence-corrected chi connectivity index (χ0v) is 44.4. The van der Waals surface area contributed by atoms with Crippen LogP contribution in [-0.2, 0) is 52.2 Å². The lowest BCUT2D eigenvalue weighted by Crippen LogP contribution is -2.67. The maximum Gasteiger partial charge on any atom is 0.331 e. The number of cyclic esters (lactones) is 1. The van der Waals surface area contributed by atoms with Gasteiger partial charge in [-0.2, -0.15) is 0 Å². The van der Waals surface area contributed by atoms with E-state index < -0.39 is 153 Å². The Morgan fingerprint density at radius 2 is 1.16 bits per heavy atom. The van der Waals surface area contributed by atoms with Gasteiger partial charge in [0.15, 0.2) is 31.5 Å². The van der Waals surface area contributed by atoms with Gasteiger partial charge < -0.3 is 109 Å². The zero-order chi connectivity index (χ0) is 54.9. The molecule has 6 heterocycles. The SMILES string of the molecule is C[C@H]1O[C@@H](O)C[C@H](O)[C@@H]1O.C[C@H]1O[C@@H](O[C@H]2CC[C@@]3(C)[C@H](CC[C@@H]4[C@@H]3C[C@@H](O)[C@]3(C)[C@@H](C5=CC(=O)OC5)CC[C@]43O)C2)C[C@H](O)[C@@H]1O[C@H]1C[C@H](O)[C@H](O[C@H]2C[C@H](O)[C@H](O[C@@H]3O[C@H](CO)[C@@H](O)[C@H](O)[C@H]3O)[C@@H](C)O2)[C@@H](C)O1. The summed E-state index contributed by atoms with van der Waals surface area (Å²) < 4.78 is 58.7. The summed E-state index contributed by atoms with van der Waals surface area (Å²) in [4.78, 5) is 12.0. The lowest BCUT2D eigenvalue weighted by Gasteiger charge is -2.65. The molecule has 23 nitrogen and oxygen atoms in total. The van der Waals surface area contributed by atoms with Crippen molar-refractivity contribution >= 4 is 5.97 Å². The van der Waals surface area contributed by atoms with E-state index in [0.29, 0.717) is 18.8 Å². The normalized spacial score (nSPS) is 54.5. The first-order chi connectivity index (χ1) is 35.9. The van der Waals surface area contributed by atoms with E-state index in [1.54, 1.807) is 26.8 Å². The molecule has 0 aromatic carbocycles. The quantitative estimate of drug-likeness (QED) is 0.0910. The first kappa shape index (κ1) is 59.0. The van der Waals surface area contributed by atoms with Crippen LogP contribution in [0.5, 0.6) is 0 Å². The number of aliphatic hydroxyl groups is 12. The number of rotatable bonds is 10. The topological polar surface area (TPSA) is 352 Å². The Bertz CT molecular complexity index is 1950. The lowest BCUT2D eigenvalue weighted by atomic mass is 9.42. The third-order valence-corrected chi connectivity index (χ3v) is 19.7. The maximum absolute atomic E-state index is 12.6. The first-order valence-corrected chi connectivity index (χ1v) is 27.8. The minimum atomic E-state index is -1.65. The van der Waals surface area contributed by atoms with Gasteiger partial charge in [-0.05, 0) is 114 Å². The molecule has 0 aromatic rings. The van der Waals surface area contributed by atoms with Crippen LogP contribution in [0, 0.1) is 34.5 Å². The molecule has 0 radical (unpaired) electrons. The van der Waals surface area contributed by atoms with E-state index in [1.807, 2.05) is 13.8 Å². The monoisotopic (exact) mass is 1090 g/mol. The van der Waals surface area contributed by atoms with E-state index in [-0.39, 0.29) is 67.5 Å². The predicted molar refractivity (Wildman–Crippen MR) is 258 cm³/mol. The van der Waals surface area contributed by atoms with E-state index >= 15 is 0 Å².